The van der Waals surface area contributed by atoms with Crippen molar-refractivity contribution in [1.82, 2.24) is 9.97 Å². The van der Waals surface area contributed by atoms with Crippen molar-refractivity contribution < 1.29 is 9.90 Å². The Bertz CT molecular complexity index is 285. The highest BCUT2D eigenvalue weighted by atomic mass is 16.3. The van der Waals surface area contributed by atoms with Crippen molar-refractivity contribution in [2.24, 2.45) is 0 Å². The van der Waals surface area contributed by atoms with Gasteiger partial charge in [-0.25, -0.2) is 4.79 Å². The van der Waals surface area contributed by atoms with Crippen LogP contribution in [-0.4, -0.2) is 21.4 Å². The third-order valence-corrected chi connectivity index (χ3v) is 1.07. The van der Waals surface area contributed by atoms with E-state index in [2.05, 4.69) is 9.97 Å². The van der Waals surface area contributed by atoms with Crippen LogP contribution in [0.4, 0.5) is 0 Å². The maximum absolute atomic E-state index is 10.4. The van der Waals surface area contributed by atoms with E-state index in [4.69, 9.17) is 5.11 Å². The summed E-state index contributed by atoms with van der Waals surface area (Å²) >= 11 is 0. The van der Waals surface area contributed by atoms with Crippen LogP contribution in [0.2, 0.25) is 0 Å². The number of aromatic hydroxyl groups is 1. The van der Waals surface area contributed by atoms with E-state index in [0.29, 0.717) is 6.29 Å². The molecule has 0 bridgehead atoms. The summed E-state index contributed by atoms with van der Waals surface area (Å²) in [6.07, 6.45) is 0.614. The normalized spacial score (nSPS) is 9.60. The Morgan fingerprint density at radius 2 is 2.20 bits per heavy atom. The van der Waals surface area contributed by atoms with E-state index in [-0.39, 0.29) is 18.0 Å². The average molecular weight is 142 g/mol. The van der Waals surface area contributed by atoms with Gasteiger partial charge in [-0.05, 0) is 0 Å². The number of rotatable bonds is 2. The van der Waals surface area contributed by atoms with Gasteiger partial charge in [0.2, 0.25) is 5.88 Å². The fourth-order valence-electron chi connectivity index (χ4n) is 0.642. The largest absolute Gasteiger partial charge is 0.493 e. The van der Waals surface area contributed by atoms with Gasteiger partial charge in [0.15, 0.2) is 0 Å². The van der Waals surface area contributed by atoms with Crippen molar-refractivity contribution in [3.05, 3.63) is 16.2 Å². The Hall–Kier alpha value is -1.52. The zero-order chi connectivity index (χ0) is 7.56. The highest BCUT2D eigenvalue weighted by molar-refractivity contribution is 5.54. The van der Waals surface area contributed by atoms with Gasteiger partial charge in [-0.3, -0.25) is 4.98 Å². The van der Waals surface area contributed by atoms with E-state index >= 15 is 0 Å². The monoisotopic (exact) mass is 142 g/mol. The zero-order valence-electron chi connectivity index (χ0n) is 5.05. The Kier molecular flexibility index (Phi) is 1.57. The number of carbonyl (C=O) groups excluding carboxylic acids is 1. The average Bonchev–Trinajstić information content (AvgIpc) is 2.13. The number of imidazole rings is 1. The van der Waals surface area contributed by atoms with E-state index in [1.54, 1.807) is 0 Å². The number of nitrogens with one attached hydrogen (secondary N) is 2. The van der Waals surface area contributed by atoms with Gasteiger partial charge >= 0.3 is 5.69 Å². The number of aldehydes is 1. The summed E-state index contributed by atoms with van der Waals surface area (Å²) in [7, 11) is 0. The van der Waals surface area contributed by atoms with Crippen LogP contribution in [0, 0.1) is 0 Å². The lowest BCUT2D eigenvalue weighted by Crippen LogP contribution is -2.01. The number of carbonyl (C=O) groups is 1. The Morgan fingerprint density at radius 3 is 2.60 bits per heavy atom. The summed E-state index contributed by atoms with van der Waals surface area (Å²) in [5.74, 6) is -0.267. The van der Waals surface area contributed by atoms with Gasteiger partial charge in [-0.15, -0.1) is 0 Å². The van der Waals surface area contributed by atoms with Crippen LogP contribution in [0.15, 0.2) is 4.79 Å². The first kappa shape index (κ1) is 6.60. The van der Waals surface area contributed by atoms with Gasteiger partial charge in [-0.1, -0.05) is 0 Å². The summed E-state index contributed by atoms with van der Waals surface area (Å²) in [5, 5.41) is 8.82. The minimum absolute atomic E-state index is 0.0184. The van der Waals surface area contributed by atoms with E-state index < -0.39 is 5.69 Å². The van der Waals surface area contributed by atoms with Gasteiger partial charge in [0.25, 0.3) is 0 Å². The van der Waals surface area contributed by atoms with Crippen LogP contribution >= 0.6 is 0 Å². The topological polar surface area (TPSA) is 86.0 Å². The molecule has 0 saturated heterocycles. The molecule has 0 aliphatic carbocycles. The summed E-state index contributed by atoms with van der Waals surface area (Å²) in [6, 6.07) is 0. The van der Waals surface area contributed by atoms with Gasteiger partial charge in [0.1, 0.15) is 6.29 Å². The molecule has 5 nitrogen and oxygen atoms in total. The quantitative estimate of drug-likeness (QED) is 0.470. The number of aromatic nitrogens is 2. The fourth-order valence-corrected chi connectivity index (χ4v) is 0.642. The van der Waals surface area contributed by atoms with E-state index in [0.717, 1.165) is 0 Å². The lowest BCUT2D eigenvalue weighted by atomic mass is 10.3. The second-order valence-electron chi connectivity index (χ2n) is 1.78. The molecule has 0 unspecified atom stereocenters. The minimum atomic E-state index is -0.505. The van der Waals surface area contributed by atoms with Crippen LogP contribution in [0.25, 0.3) is 0 Å². The summed E-state index contributed by atoms with van der Waals surface area (Å²) < 4.78 is 0. The third kappa shape index (κ3) is 1.07. The first-order valence-electron chi connectivity index (χ1n) is 2.68. The highest BCUT2D eigenvalue weighted by Crippen LogP contribution is 2.05. The van der Waals surface area contributed by atoms with Crippen molar-refractivity contribution in [1.29, 1.82) is 0 Å². The molecule has 1 rings (SSSR count). The van der Waals surface area contributed by atoms with Crippen LogP contribution in [0.3, 0.4) is 0 Å². The molecule has 0 atom stereocenters. The molecular formula is C5H6N2O3. The highest BCUT2D eigenvalue weighted by Gasteiger charge is 2.02. The first-order valence-corrected chi connectivity index (χ1v) is 2.68. The summed E-state index contributed by atoms with van der Waals surface area (Å²) in [6.45, 7) is 0. The molecule has 10 heavy (non-hydrogen) atoms. The van der Waals surface area contributed by atoms with Crippen molar-refractivity contribution in [3.63, 3.8) is 0 Å². The second-order valence-corrected chi connectivity index (χ2v) is 1.78. The Balaban J connectivity index is 3.02. The third-order valence-electron chi connectivity index (χ3n) is 1.07. The van der Waals surface area contributed by atoms with Gasteiger partial charge < -0.3 is 14.9 Å². The molecule has 3 N–H and O–H groups in total. The molecule has 0 amide bonds. The van der Waals surface area contributed by atoms with Crippen molar-refractivity contribution >= 4 is 6.29 Å². The lowest BCUT2D eigenvalue weighted by molar-refractivity contribution is -0.107. The lowest BCUT2D eigenvalue weighted by Gasteiger charge is -1.85. The van der Waals surface area contributed by atoms with E-state index in [1.807, 2.05) is 0 Å². The van der Waals surface area contributed by atoms with Crippen molar-refractivity contribution in [2.75, 3.05) is 0 Å². The van der Waals surface area contributed by atoms with Crippen molar-refractivity contribution in [3.8, 4) is 5.88 Å². The molecule has 5 heteroatoms. The standard InChI is InChI=1S/C5H6N2O3/c8-2-1-3-4(9)7-5(10)6-3/h2,9H,1H2,(H2,6,7,10). The Morgan fingerprint density at radius 1 is 1.50 bits per heavy atom. The van der Waals surface area contributed by atoms with Crippen molar-refractivity contribution in [2.45, 2.75) is 6.42 Å². The minimum Gasteiger partial charge on any atom is -0.493 e. The van der Waals surface area contributed by atoms with E-state index in [1.165, 1.54) is 0 Å². The van der Waals surface area contributed by atoms with Crippen LogP contribution < -0.4 is 5.69 Å². The SMILES string of the molecule is O=CCc1[nH]c(=O)[nH]c1O. The predicted octanol–water partition coefficient (Wildman–Crippen LogP) is -0.850. The first-order chi connectivity index (χ1) is 4.74. The van der Waals surface area contributed by atoms with Gasteiger partial charge in [-0.2, -0.15) is 0 Å². The maximum atomic E-state index is 10.4. The predicted molar refractivity (Wildman–Crippen MR) is 32.8 cm³/mol. The maximum Gasteiger partial charge on any atom is 0.325 e. The second kappa shape index (κ2) is 2.38. The van der Waals surface area contributed by atoms with Crippen LogP contribution in [0.5, 0.6) is 5.88 Å². The molecule has 0 saturated carbocycles. The van der Waals surface area contributed by atoms with Gasteiger partial charge in [0.05, 0.1) is 5.69 Å². The molecule has 0 fully saturated rings. The molecule has 54 valence electrons. The molecule has 1 aromatic heterocycles. The molecule has 0 aromatic carbocycles. The van der Waals surface area contributed by atoms with Crippen LogP contribution in [0.1, 0.15) is 5.69 Å². The molecule has 0 aliphatic rings. The molecule has 0 radical (unpaired) electrons. The smallest absolute Gasteiger partial charge is 0.325 e. The number of hydrogen-bond donors (Lipinski definition) is 3. The Labute approximate surface area is 55.7 Å². The van der Waals surface area contributed by atoms with E-state index in [9.17, 15) is 9.59 Å². The number of H-pyrrole nitrogens is 2. The molecule has 0 spiro atoms. The molecule has 1 heterocycles. The zero-order valence-corrected chi connectivity index (χ0v) is 5.05. The summed E-state index contributed by atoms with van der Waals surface area (Å²) in [4.78, 5) is 24.6. The summed E-state index contributed by atoms with van der Waals surface area (Å²) in [5.41, 5.74) is -0.283. The van der Waals surface area contributed by atoms with Crippen LogP contribution in [-0.2, 0) is 11.2 Å². The molecule has 1 aromatic rings. The number of aromatic amines is 2. The van der Waals surface area contributed by atoms with Gasteiger partial charge in [0, 0.05) is 6.42 Å². The fraction of sp³-hybridized carbons (Fsp3) is 0.200. The number of hydrogen-bond acceptors (Lipinski definition) is 3. The molecular weight excluding hydrogens is 136 g/mol. The molecule has 0 aliphatic heterocycles.